The van der Waals surface area contributed by atoms with E-state index in [1.807, 2.05) is 0 Å². The van der Waals surface area contributed by atoms with Crippen LogP contribution >= 0.6 is 22.9 Å². The molecule has 1 aliphatic heterocycles. The van der Waals surface area contributed by atoms with E-state index in [9.17, 15) is 0 Å². The summed E-state index contributed by atoms with van der Waals surface area (Å²) < 4.78 is 0.881. The molecule has 0 saturated carbocycles. The van der Waals surface area contributed by atoms with E-state index in [-0.39, 0.29) is 0 Å². The van der Waals surface area contributed by atoms with Gasteiger partial charge in [0.05, 0.1) is 4.34 Å². The van der Waals surface area contributed by atoms with Crippen molar-refractivity contribution < 1.29 is 0 Å². The van der Waals surface area contributed by atoms with Gasteiger partial charge in [0.25, 0.3) is 0 Å². The molecule has 2 nitrogen and oxygen atoms in total. The van der Waals surface area contributed by atoms with Crippen molar-refractivity contribution in [2.45, 2.75) is 19.5 Å². The lowest BCUT2D eigenvalue weighted by molar-refractivity contribution is 0.650. The number of nitrogens with one attached hydrogen (secondary N) is 1. The summed E-state index contributed by atoms with van der Waals surface area (Å²) in [5.74, 6) is 0. The summed E-state index contributed by atoms with van der Waals surface area (Å²) in [4.78, 5) is 1.37. The van der Waals surface area contributed by atoms with Crippen molar-refractivity contribution in [2.24, 2.45) is 5.73 Å². The van der Waals surface area contributed by atoms with Gasteiger partial charge in [-0.15, -0.1) is 11.3 Å². The van der Waals surface area contributed by atoms with Gasteiger partial charge in [-0.1, -0.05) is 11.6 Å². The molecule has 0 bridgehead atoms. The molecule has 4 heteroatoms. The third-order valence-corrected chi connectivity index (χ3v) is 3.71. The fourth-order valence-corrected chi connectivity index (χ4v) is 3.11. The molecule has 0 amide bonds. The molecular weight excluding hydrogens is 192 g/mol. The molecule has 0 unspecified atom stereocenters. The summed E-state index contributed by atoms with van der Waals surface area (Å²) in [6, 6.07) is 0. The molecular formula is C8H11ClN2S. The van der Waals surface area contributed by atoms with Crippen LogP contribution in [0, 0.1) is 0 Å². The molecule has 0 radical (unpaired) electrons. The quantitative estimate of drug-likeness (QED) is 0.725. The fourth-order valence-electron chi connectivity index (χ4n) is 1.57. The van der Waals surface area contributed by atoms with Crippen LogP contribution in [0.15, 0.2) is 0 Å². The van der Waals surface area contributed by atoms with Crippen molar-refractivity contribution in [1.29, 1.82) is 0 Å². The minimum atomic E-state index is 0.574. The second kappa shape index (κ2) is 3.34. The van der Waals surface area contributed by atoms with E-state index in [1.54, 1.807) is 11.3 Å². The maximum atomic E-state index is 6.05. The maximum Gasteiger partial charge on any atom is 0.0979 e. The van der Waals surface area contributed by atoms with Crippen LogP contribution < -0.4 is 11.1 Å². The van der Waals surface area contributed by atoms with Gasteiger partial charge < -0.3 is 11.1 Å². The first-order chi connectivity index (χ1) is 5.83. The van der Waals surface area contributed by atoms with Gasteiger partial charge in [-0.25, -0.2) is 0 Å². The molecule has 66 valence electrons. The Bertz CT molecular complexity index is 295. The Hall–Kier alpha value is -0.0900. The van der Waals surface area contributed by atoms with Gasteiger partial charge in [-0.2, -0.15) is 0 Å². The number of fused-ring (bicyclic) bond motifs is 1. The smallest absolute Gasteiger partial charge is 0.0979 e. The van der Waals surface area contributed by atoms with Crippen LogP contribution in [0.5, 0.6) is 0 Å². The van der Waals surface area contributed by atoms with Gasteiger partial charge in [-0.05, 0) is 24.1 Å². The summed E-state index contributed by atoms with van der Waals surface area (Å²) in [6.07, 6.45) is 1.07. The molecule has 0 saturated heterocycles. The molecule has 0 fully saturated rings. The standard InChI is InChI=1S/C8H11ClN2S/c9-8-6(3-10)5-1-2-11-4-7(5)12-8/h11H,1-4,10H2. The number of hydrogen-bond acceptors (Lipinski definition) is 3. The van der Waals surface area contributed by atoms with E-state index in [0.717, 1.165) is 29.4 Å². The van der Waals surface area contributed by atoms with Crippen molar-refractivity contribution in [1.82, 2.24) is 5.32 Å². The molecule has 2 rings (SSSR count). The number of halogens is 1. The van der Waals surface area contributed by atoms with Gasteiger partial charge in [0, 0.05) is 18.0 Å². The van der Waals surface area contributed by atoms with Crippen LogP contribution in [0.3, 0.4) is 0 Å². The summed E-state index contributed by atoms with van der Waals surface area (Å²) >= 11 is 7.71. The van der Waals surface area contributed by atoms with Gasteiger partial charge in [0.2, 0.25) is 0 Å². The number of nitrogens with two attached hydrogens (primary N) is 1. The number of thiophene rings is 1. The first-order valence-electron chi connectivity index (χ1n) is 4.02. The predicted octanol–water partition coefficient (Wildman–Crippen LogP) is 1.51. The first kappa shape index (κ1) is 8.51. The Morgan fingerprint density at radius 2 is 2.42 bits per heavy atom. The topological polar surface area (TPSA) is 38.0 Å². The third kappa shape index (κ3) is 1.27. The van der Waals surface area contributed by atoms with Crippen LogP contribution in [-0.2, 0) is 19.5 Å². The normalized spacial score (nSPS) is 16.2. The Labute approximate surface area is 80.7 Å². The highest BCUT2D eigenvalue weighted by Gasteiger charge is 2.17. The van der Waals surface area contributed by atoms with Crippen LogP contribution in [0.1, 0.15) is 16.0 Å². The Morgan fingerprint density at radius 3 is 3.17 bits per heavy atom. The molecule has 1 aliphatic rings. The Morgan fingerprint density at radius 1 is 1.58 bits per heavy atom. The van der Waals surface area contributed by atoms with Gasteiger partial charge in [0.1, 0.15) is 0 Å². The average Bonchev–Trinajstić information content (AvgIpc) is 2.40. The zero-order chi connectivity index (χ0) is 8.55. The molecule has 3 N–H and O–H groups in total. The van der Waals surface area contributed by atoms with Gasteiger partial charge in [0.15, 0.2) is 0 Å². The average molecular weight is 203 g/mol. The molecule has 0 aliphatic carbocycles. The van der Waals surface area contributed by atoms with E-state index in [2.05, 4.69) is 5.32 Å². The summed E-state index contributed by atoms with van der Waals surface area (Å²) in [5, 5.41) is 3.32. The zero-order valence-corrected chi connectivity index (χ0v) is 8.26. The monoisotopic (exact) mass is 202 g/mol. The highest BCUT2D eigenvalue weighted by atomic mass is 35.5. The van der Waals surface area contributed by atoms with Crippen LogP contribution in [-0.4, -0.2) is 6.54 Å². The Balaban J connectivity index is 2.46. The van der Waals surface area contributed by atoms with Crippen LogP contribution in [0.4, 0.5) is 0 Å². The molecule has 12 heavy (non-hydrogen) atoms. The lowest BCUT2D eigenvalue weighted by atomic mass is 10.1. The molecule has 2 heterocycles. The maximum absolute atomic E-state index is 6.05. The Kier molecular flexibility index (Phi) is 2.37. The van der Waals surface area contributed by atoms with Crippen LogP contribution in [0.2, 0.25) is 4.34 Å². The molecule has 0 spiro atoms. The number of rotatable bonds is 1. The molecule has 0 aromatic carbocycles. The molecule has 1 aromatic heterocycles. The summed E-state index contributed by atoms with van der Waals surface area (Å²) in [7, 11) is 0. The lowest BCUT2D eigenvalue weighted by Crippen LogP contribution is -2.22. The van der Waals surface area contributed by atoms with Crippen molar-refractivity contribution in [3.8, 4) is 0 Å². The second-order valence-electron chi connectivity index (χ2n) is 2.89. The zero-order valence-electron chi connectivity index (χ0n) is 6.69. The van der Waals surface area contributed by atoms with Crippen molar-refractivity contribution in [2.75, 3.05) is 6.54 Å². The van der Waals surface area contributed by atoms with E-state index in [0.29, 0.717) is 6.54 Å². The van der Waals surface area contributed by atoms with E-state index < -0.39 is 0 Å². The SMILES string of the molecule is NCc1c(Cl)sc2c1CCNC2. The number of hydrogen-bond donors (Lipinski definition) is 2. The van der Waals surface area contributed by atoms with Crippen molar-refractivity contribution >= 4 is 22.9 Å². The first-order valence-corrected chi connectivity index (χ1v) is 5.22. The largest absolute Gasteiger partial charge is 0.326 e. The highest BCUT2D eigenvalue weighted by Crippen LogP contribution is 2.34. The minimum Gasteiger partial charge on any atom is -0.326 e. The third-order valence-electron chi connectivity index (χ3n) is 2.19. The minimum absolute atomic E-state index is 0.574. The van der Waals surface area contributed by atoms with Gasteiger partial charge >= 0.3 is 0 Å². The van der Waals surface area contributed by atoms with E-state index >= 15 is 0 Å². The van der Waals surface area contributed by atoms with Crippen LogP contribution in [0.25, 0.3) is 0 Å². The van der Waals surface area contributed by atoms with Crippen molar-refractivity contribution in [3.05, 3.63) is 20.3 Å². The summed E-state index contributed by atoms with van der Waals surface area (Å²) in [6.45, 7) is 2.58. The lowest BCUT2D eigenvalue weighted by Gasteiger charge is -2.13. The van der Waals surface area contributed by atoms with Gasteiger partial charge in [-0.3, -0.25) is 0 Å². The predicted molar refractivity (Wildman–Crippen MR) is 52.6 cm³/mol. The van der Waals surface area contributed by atoms with Crippen molar-refractivity contribution in [3.63, 3.8) is 0 Å². The van der Waals surface area contributed by atoms with E-state index in [1.165, 1.54) is 10.4 Å². The highest BCUT2D eigenvalue weighted by molar-refractivity contribution is 7.16. The fraction of sp³-hybridized carbons (Fsp3) is 0.500. The summed E-state index contributed by atoms with van der Waals surface area (Å²) in [5.41, 5.74) is 8.18. The molecule has 0 atom stereocenters. The molecule has 1 aromatic rings. The van der Waals surface area contributed by atoms with E-state index in [4.69, 9.17) is 17.3 Å². The second-order valence-corrected chi connectivity index (χ2v) is 4.59.